The molecular weight excluding hydrogens is 354 g/mol. The van der Waals surface area contributed by atoms with E-state index in [0.29, 0.717) is 50.0 Å². The van der Waals surface area contributed by atoms with E-state index in [4.69, 9.17) is 22.1 Å². The largest absolute Gasteiger partial charge is 0.381 e. The Balaban J connectivity index is 1.59. The lowest BCUT2D eigenvalue weighted by atomic mass is 9.91. The molecule has 2 amide bonds. The number of nitrogens with zero attached hydrogens (tertiary/aromatic N) is 2. The fourth-order valence-corrected chi connectivity index (χ4v) is 3.82. The molecule has 142 valence electrons. The number of amides is 2. The Hall–Kier alpha value is -1.63. The quantitative estimate of drug-likeness (QED) is 0.868. The van der Waals surface area contributed by atoms with Gasteiger partial charge in [0.1, 0.15) is 0 Å². The third kappa shape index (κ3) is 4.55. The van der Waals surface area contributed by atoms with Crippen molar-refractivity contribution in [2.45, 2.75) is 25.3 Å². The molecule has 2 aliphatic rings. The first-order chi connectivity index (χ1) is 12.6. The molecule has 0 radical (unpaired) electrons. The molecule has 1 aromatic carbocycles. The zero-order valence-electron chi connectivity index (χ0n) is 14.9. The van der Waals surface area contributed by atoms with Crippen LogP contribution >= 0.6 is 11.6 Å². The summed E-state index contributed by atoms with van der Waals surface area (Å²) in [6.07, 6.45) is 2.42. The van der Waals surface area contributed by atoms with Crippen molar-refractivity contribution in [3.8, 4) is 0 Å². The molecule has 26 heavy (non-hydrogen) atoms. The predicted octanol–water partition coefficient (Wildman–Crippen LogP) is 1.77. The molecule has 2 fully saturated rings. The van der Waals surface area contributed by atoms with E-state index in [1.54, 1.807) is 29.2 Å². The highest BCUT2D eigenvalue weighted by atomic mass is 35.5. The SMILES string of the molecule is NC(C(=O)N1CCCN(C(=O)c2cccc(Cl)c2)CC1)C1CCOCC1. The number of hydrogen-bond donors (Lipinski definition) is 1. The van der Waals surface area contributed by atoms with Crippen LogP contribution in [0.15, 0.2) is 24.3 Å². The topological polar surface area (TPSA) is 75.9 Å². The Morgan fingerprint density at radius 3 is 2.54 bits per heavy atom. The number of nitrogens with two attached hydrogens (primary N) is 1. The van der Waals surface area contributed by atoms with Crippen molar-refractivity contribution in [1.29, 1.82) is 0 Å². The number of carbonyl (C=O) groups is 2. The molecule has 0 bridgehead atoms. The maximum absolute atomic E-state index is 12.8. The summed E-state index contributed by atoms with van der Waals surface area (Å²) in [6, 6.07) is 6.49. The van der Waals surface area contributed by atoms with Crippen molar-refractivity contribution in [1.82, 2.24) is 9.80 Å². The fourth-order valence-electron chi connectivity index (χ4n) is 3.63. The fraction of sp³-hybridized carbons (Fsp3) is 0.579. The van der Waals surface area contributed by atoms with Crippen LogP contribution in [0.4, 0.5) is 0 Å². The minimum atomic E-state index is -0.478. The summed E-state index contributed by atoms with van der Waals surface area (Å²) < 4.78 is 5.35. The van der Waals surface area contributed by atoms with Gasteiger partial charge in [-0.2, -0.15) is 0 Å². The van der Waals surface area contributed by atoms with Crippen LogP contribution in [0.3, 0.4) is 0 Å². The van der Waals surface area contributed by atoms with Crippen molar-refractivity contribution >= 4 is 23.4 Å². The van der Waals surface area contributed by atoms with Gasteiger partial charge >= 0.3 is 0 Å². The zero-order chi connectivity index (χ0) is 18.5. The van der Waals surface area contributed by atoms with Crippen LogP contribution in [-0.4, -0.2) is 67.0 Å². The second-order valence-corrected chi connectivity index (χ2v) is 7.39. The molecule has 1 atom stereocenters. The van der Waals surface area contributed by atoms with Crippen LogP contribution in [0, 0.1) is 5.92 Å². The predicted molar refractivity (Wildman–Crippen MR) is 100 cm³/mol. The number of carbonyl (C=O) groups excluding carboxylic acids is 2. The van der Waals surface area contributed by atoms with Crippen molar-refractivity contribution < 1.29 is 14.3 Å². The summed E-state index contributed by atoms with van der Waals surface area (Å²) in [5.41, 5.74) is 6.81. The lowest BCUT2D eigenvalue weighted by Gasteiger charge is -2.31. The Kier molecular flexibility index (Phi) is 6.51. The maximum atomic E-state index is 12.8. The molecule has 2 aliphatic heterocycles. The monoisotopic (exact) mass is 379 g/mol. The molecule has 6 nitrogen and oxygen atoms in total. The molecule has 0 aliphatic carbocycles. The molecule has 1 aromatic rings. The molecule has 1 unspecified atom stereocenters. The highest BCUT2D eigenvalue weighted by molar-refractivity contribution is 6.30. The van der Waals surface area contributed by atoms with E-state index in [2.05, 4.69) is 0 Å². The number of ether oxygens (including phenoxy) is 1. The first-order valence-corrected chi connectivity index (χ1v) is 9.61. The minimum absolute atomic E-state index is 0.00560. The molecule has 2 heterocycles. The van der Waals surface area contributed by atoms with Crippen LogP contribution < -0.4 is 5.73 Å². The second-order valence-electron chi connectivity index (χ2n) is 6.96. The van der Waals surface area contributed by atoms with E-state index >= 15 is 0 Å². The molecule has 2 N–H and O–H groups in total. The summed E-state index contributed by atoms with van der Waals surface area (Å²) >= 11 is 5.99. The Labute approximate surface area is 159 Å². The third-order valence-electron chi connectivity index (χ3n) is 5.23. The summed E-state index contributed by atoms with van der Waals surface area (Å²) in [6.45, 7) is 3.64. The van der Waals surface area contributed by atoms with E-state index in [0.717, 1.165) is 19.3 Å². The smallest absolute Gasteiger partial charge is 0.253 e. The summed E-state index contributed by atoms with van der Waals surface area (Å²) in [7, 11) is 0. The van der Waals surface area contributed by atoms with E-state index in [9.17, 15) is 9.59 Å². The molecule has 0 saturated carbocycles. The molecule has 7 heteroatoms. The minimum Gasteiger partial charge on any atom is -0.381 e. The van der Waals surface area contributed by atoms with Gasteiger partial charge in [0.2, 0.25) is 5.91 Å². The van der Waals surface area contributed by atoms with Crippen LogP contribution in [-0.2, 0) is 9.53 Å². The van der Waals surface area contributed by atoms with Gasteiger partial charge in [0.15, 0.2) is 0 Å². The summed E-state index contributed by atoms with van der Waals surface area (Å²) in [4.78, 5) is 29.1. The third-order valence-corrected chi connectivity index (χ3v) is 5.46. The van der Waals surface area contributed by atoms with Gasteiger partial charge in [-0.15, -0.1) is 0 Å². The molecular formula is C19H26ClN3O3. The number of benzene rings is 1. The lowest BCUT2D eigenvalue weighted by Crippen LogP contribution is -2.50. The van der Waals surface area contributed by atoms with Gasteiger partial charge in [0.05, 0.1) is 6.04 Å². The van der Waals surface area contributed by atoms with Crippen LogP contribution in [0.5, 0.6) is 0 Å². The van der Waals surface area contributed by atoms with E-state index in [1.165, 1.54) is 0 Å². The Bertz CT molecular complexity index is 649. The number of rotatable bonds is 3. The van der Waals surface area contributed by atoms with E-state index < -0.39 is 6.04 Å². The number of hydrogen-bond acceptors (Lipinski definition) is 4. The highest BCUT2D eigenvalue weighted by Gasteiger charge is 2.31. The van der Waals surface area contributed by atoms with E-state index in [1.807, 2.05) is 4.90 Å². The van der Waals surface area contributed by atoms with Gasteiger partial charge in [-0.1, -0.05) is 17.7 Å². The van der Waals surface area contributed by atoms with Gasteiger partial charge in [-0.05, 0) is 43.4 Å². The first kappa shape index (κ1) is 19.1. The van der Waals surface area contributed by atoms with Crippen LogP contribution in [0.25, 0.3) is 0 Å². The van der Waals surface area contributed by atoms with Crippen molar-refractivity contribution in [3.63, 3.8) is 0 Å². The number of halogens is 1. The molecule has 3 rings (SSSR count). The zero-order valence-corrected chi connectivity index (χ0v) is 15.7. The van der Waals surface area contributed by atoms with Crippen molar-refractivity contribution in [2.75, 3.05) is 39.4 Å². The average molecular weight is 380 g/mol. The van der Waals surface area contributed by atoms with Crippen molar-refractivity contribution in [2.24, 2.45) is 11.7 Å². The lowest BCUT2D eigenvalue weighted by molar-refractivity contribution is -0.134. The summed E-state index contributed by atoms with van der Waals surface area (Å²) in [5, 5.41) is 0.546. The molecule has 0 aromatic heterocycles. The second kappa shape index (κ2) is 8.84. The highest BCUT2D eigenvalue weighted by Crippen LogP contribution is 2.20. The van der Waals surface area contributed by atoms with Gasteiger partial charge in [-0.25, -0.2) is 0 Å². The van der Waals surface area contributed by atoms with Crippen LogP contribution in [0.2, 0.25) is 5.02 Å². The molecule has 0 spiro atoms. The van der Waals surface area contributed by atoms with Gasteiger partial charge in [0.25, 0.3) is 5.91 Å². The van der Waals surface area contributed by atoms with Gasteiger partial charge in [0, 0.05) is 50.0 Å². The van der Waals surface area contributed by atoms with Gasteiger partial charge < -0.3 is 20.3 Å². The van der Waals surface area contributed by atoms with Crippen molar-refractivity contribution in [3.05, 3.63) is 34.9 Å². The van der Waals surface area contributed by atoms with E-state index in [-0.39, 0.29) is 17.7 Å². The van der Waals surface area contributed by atoms with Gasteiger partial charge in [-0.3, -0.25) is 9.59 Å². The maximum Gasteiger partial charge on any atom is 0.253 e. The normalized spacial score (nSPS) is 20.5. The Morgan fingerprint density at radius 2 is 1.81 bits per heavy atom. The first-order valence-electron chi connectivity index (χ1n) is 9.23. The molecule has 2 saturated heterocycles. The van der Waals surface area contributed by atoms with Crippen LogP contribution in [0.1, 0.15) is 29.6 Å². The Morgan fingerprint density at radius 1 is 1.12 bits per heavy atom. The average Bonchev–Trinajstić information content (AvgIpc) is 2.93. The standard InChI is InChI=1S/C19H26ClN3O3/c20-16-4-1-3-15(13-16)18(24)22-7-2-8-23(10-9-22)19(25)17(21)14-5-11-26-12-6-14/h1,3-4,13-14,17H,2,5-12,21H2. The summed E-state index contributed by atoms with van der Waals surface area (Å²) in [5.74, 6) is 0.133.